The highest BCUT2D eigenvalue weighted by atomic mass is 32.2. The molecule has 138 valence electrons. The van der Waals surface area contributed by atoms with E-state index in [4.69, 9.17) is 10.5 Å². The molecule has 0 radical (unpaired) electrons. The van der Waals surface area contributed by atoms with Crippen LogP contribution in [0.3, 0.4) is 0 Å². The van der Waals surface area contributed by atoms with Crippen LogP contribution >= 0.6 is 0 Å². The molecule has 2 N–H and O–H groups in total. The number of hydrogen-bond donors (Lipinski definition) is 1. The maximum absolute atomic E-state index is 13.3. The van der Waals surface area contributed by atoms with Gasteiger partial charge in [0.15, 0.2) is 9.84 Å². The fourth-order valence-electron chi connectivity index (χ4n) is 3.70. The van der Waals surface area contributed by atoms with E-state index >= 15 is 0 Å². The quantitative estimate of drug-likeness (QED) is 0.786. The third-order valence-electron chi connectivity index (χ3n) is 5.09. The number of rotatable bonds is 6. The van der Waals surface area contributed by atoms with Gasteiger partial charge in [-0.3, -0.25) is 4.79 Å². The van der Waals surface area contributed by atoms with Crippen molar-refractivity contribution in [3.63, 3.8) is 0 Å². The second-order valence-electron chi connectivity index (χ2n) is 6.63. The lowest BCUT2D eigenvalue weighted by atomic mass is 9.98. The topological polar surface area (TPSA) is 86.5 Å². The van der Waals surface area contributed by atoms with Gasteiger partial charge in [0, 0.05) is 12.5 Å². The van der Waals surface area contributed by atoms with E-state index in [0.717, 1.165) is 11.1 Å². The fraction of sp³-hybridized carbons (Fsp3) is 0.350. The van der Waals surface area contributed by atoms with Crippen molar-refractivity contribution in [1.29, 1.82) is 0 Å². The van der Waals surface area contributed by atoms with E-state index in [1.165, 1.54) is 0 Å². The van der Waals surface area contributed by atoms with Crippen LogP contribution in [-0.2, 0) is 19.4 Å². The van der Waals surface area contributed by atoms with Gasteiger partial charge in [0.2, 0.25) is 0 Å². The first-order valence-electron chi connectivity index (χ1n) is 8.62. The summed E-state index contributed by atoms with van der Waals surface area (Å²) in [6.07, 6.45) is 0. The predicted molar refractivity (Wildman–Crippen MR) is 99.5 cm³/mol. The lowest BCUT2D eigenvalue weighted by Crippen LogP contribution is -2.33. The first-order chi connectivity index (χ1) is 12.4. The highest BCUT2D eigenvalue weighted by molar-refractivity contribution is 7.92. The van der Waals surface area contributed by atoms with E-state index in [0.29, 0.717) is 0 Å². The van der Waals surface area contributed by atoms with Crippen LogP contribution in [0, 0.1) is 12.3 Å². The third-order valence-corrected chi connectivity index (χ3v) is 7.38. The summed E-state index contributed by atoms with van der Waals surface area (Å²) in [5, 5.41) is -0.927. The SMILES string of the molecule is CCOC(=O)[C@@]1(CN)[C@@H](c2ccc(C)cc2)[C@@H]1S(=O)(=O)c1ccccc1. The van der Waals surface area contributed by atoms with E-state index in [-0.39, 0.29) is 18.0 Å². The van der Waals surface area contributed by atoms with Crippen molar-refractivity contribution >= 4 is 15.8 Å². The monoisotopic (exact) mass is 373 g/mol. The Kier molecular flexibility index (Phi) is 4.90. The summed E-state index contributed by atoms with van der Waals surface area (Å²) in [6.45, 7) is 3.75. The van der Waals surface area contributed by atoms with Gasteiger partial charge in [0.1, 0.15) is 5.41 Å². The largest absolute Gasteiger partial charge is 0.465 e. The second kappa shape index (κ2) is 6.85. The van der Waals surface area contributed by atoms with Crippen molar-refractivity contribution in [2.45, 2.75) is 29.9 Å². The Hall–Kier alpha value is -2.18. The van der Waals surface area contributed by atoms with Crippen molar-refractivity contribution in [3.8, 4) is 0 Å². The van der Waals surface area contributed by atoms with E-state index in [2.05, 4.69) is 0 Å². The van der Waals surface area contributed by atoms with E-state index < -0.39 is 32.4 Å². The Labute approximate surface area is 154 Å². The molecule has 2 aromatic rings. The zero-order valence-corrected chi connectivity index (χ0v) is 15.7. The molecule has 0 aliphatic heterocycles. The van der Waals surface area contributed by atoms with E-state index in [9.17, 15) is 13.2 Å². The first kappa shape index (κ1) is 18.6. The minimum Gasteiger partial charge on any atom is -0.465 e. The van der Waals surface area contributed by atoms with Crippen molar-refractivity contribution in [1.82, 2.24) is 0 Å². The standard InChI is InChI=1S/C20H23NO4S/c1-3-25-19(22)20(13-21)17(15-11-9-14(2)10-12-15)18(20)26(23,24)16-7-5-4-6-8-16/h4-12,17-18H,3,13,21H2,1-2H3/t17-,18-,20-/m0/s1. The normalized spacial score (nSPS) is 24.9. The summed E-state index contributed by atoms with van der Waals surface area (Å²) in [5.41, 5.74) is 6.56. The summed E-state index contributed by atoms with van der Waals surface area (Å²) in [7, 11) is -3.74. The maximum Gasteiger partial charge on any atom is 0.315 e. The number of ether oxygens (including phenoxy) is 1. The van der Waals surface area contributed by atoms with Crippen LogP contribution in [0.5, 0.6) is 0 Å². The van der Waals surface area contributed by atoms with Gasteiger partial charge in [-0.1, -0.05) is 48.0 Å². The van der Waals surface area contributed by atoms with Crippen LogP contribution in [-0.4, -0.2) is 32.8 Å². The molecule has 6 heteroatoms. The summed E-state index contributed by atoms with van der Waals surface area (Å²) in [4.78, 5) is 12.9. The minimum absolute atomic E-state index is 0.0822. The molecule has 0 saturated heterocycles. The van der Waals surface area contributed by atoms with Crippen molar-refractivity contribution in [2.24, 2.45) is 11.1 Å². The zero-order valence-electron chi connectivity index (χ0n) is 14.9. The Morgan fingerprint density at radius 3 is 2.27 bits per heavy atom. The molecule has 0 aromatic heterocycles. The van der Waals surface area contributed by atoms with Crippen LogP contribution in [0.2, 0.25) is 0 Å². The number of aryl methyl sites for hydroxylation is 1. The first-order valence-corrected chi connectivity index (χ1v) is 10.2. The molecule has 1 aliphatic carbocycles. The molecule has 0 bridgehead atoms. The molecule has 0 amide bonds. The number of hydrogen-bond acceptors (Lipinski definition) is 5. The minimum atomic E-state index is -3.74. The predicted octanol–water partition coefficient (Wildman–Crippen LogP) is 2.44. The highest BCUT2D eigenvalue weighted by Gasteiger charge is 2.75. The average Bonchev–Trinajstić information content (AvgIpc) is 3.35. The summed E-state index contributed by atoms with van der Waals surface area (Å²) in [6, 6.07) is 15.7. The number of carbonyl (C=O) groups excluding carboxylic acids is 1. The van der Waals surface area contributed by atoms with Gasteiger partial charge >= 0.3 is 5.97 Å². The zero-order chi connectivity index (χ0) is 18.9. The number of nitrogens with two attached hydrogens (primary N) is 1. The molecule has 2 aromatic carbocycles. The molecule has 1 saturated carbocycles. The average molecular weight is 373 g/mol. The molecule has 1 fully saturated rings. The van der Waals surface area contributed by atoms with Crippen molar-refractivity contribution in [2.75, 3.05) is 13.2 Å². The Balaban J connectivity index is 2.11. The van der Waals surface area contributed by atoms with Crippen LogP contribution < -0.4 is 5.73 Å². The Morgan fingerprint density at radius 1 is 1.12 bits per heavy atom. The number of benzene rings is 2. The summed E-state index contributed by atoms with van der Waals surface area (Å²) >= 11 is 0. The molecule has 26 heavy (non-hydrogen) atoms. The molecule has 5 nitrogen and oxygen atoms in total. The fourth-order valence-corrected chi connectivity index (χ4v) is 6.10. The van der Waals surface area contributed by atoms with Gasteiger partial charge in [-0.2, -0.15) is 0 Å². The number of sulfone groups is 1. The molecular formula is C20H23NO4S. The summed E-state index contributed by atoms with van der Waals surface area (Å²) in [5.74, 6) is -1.06. The van der Waals surface area contributed by atoms with Gasteiger partial charge in [-0.25, -0.2) is 8.42 Å². The van der Waals surface area contributed by atoms with Gasteiger partial charge in [-0.05, 0) is 31.5 Å². The second-order valence-corrected chi connectivity index (χ2v) is 8.70. The van der Waals surface area contributed by atoms with Crippen LogP contribution in [0.4, 0.5) is 0 Å². The number of carbonyl (C=O) groups is 1. The van der Waals surface area contributed by atoms with E-state index in [1.54, 1.807) is 37.3 Å². The molecule has 0 heterocycles. The molecule has 3 atom stereocenters. The van der Waals surface area contributed by atoms with Gasteiger partial charge in [-0.15, -0.1) is 0 Å². The van der Waals surface area contributed by atoms with Crippen molar-refractivity contribution < 1.29 is 17.9 Å². The Morgan fingerprint density at radius 2 is 1.73 bits per heavy atom. The molecular weight excluding hydrogens is 350 g/mol. The Bertz CT molecular complexity index is 893. The molecule has 0 unspecified atom stereocenters. The molecule has 0 spiro atoms. The lowest BCUT2D eigenvalue weighted by Gasteiger charge is -2.14. The van der Waals surface area contributed by atoms with Crippen LogP contribution in [0.25, 0.3) is 0 Å². The van der Waals surface area contributed by atoms with Gasteiger partial charge < -0.3 is 10.5 Å². The van der Waals surface area contributed by atoms with Gasteiger partial charge in [0.25, 0.3) is 0 Å². The van der Waals surface area contributed by atoms with Crippen LogP contribution in [0.1, 0.15) is 24.0 Å². The number of esters is 1. The third kappa shape index (κ3) is 2.83. The van der Waals surface area contributed by atoms with E-state index in [1.807, 2.05) is 31.2 Å². The molecule has 1 aliphatic rings. The highest BCUT2D eigenvalue weighted by Crippen LogP contribution is 2.64. The summed E-state index contributed by atoms with van der Waals surface area (Å²) < 4.78 is 31.7. The van der Waals surface area contributed by atoms with Crippen molar-refractivity contribution in [3.05, 3.63) is 65.7 Å². The maximum atomic E-state index is 13.3. The molecule has 3 rings (SSSR count). The smallest absolute Gasteiger partial charge is 0.315 e. The lowest BCUT2D eigenvalue weighted by molar-refractivity contribution is -0.149. The van der Waals surface area contributed by atoms with Gasteiger partial charge in [0.05, 0.1) is 16.8 Å². The van der Waals surface area contributed by atoms with Crippen LogP contribution in [0.15, 0.2) is 59.5 Å².